The second-order valence-electron chi connectivity index (χ2n) is 4.38. The summed E-state index contributed by atoms with van der Waals surface area (Å²) in [5, 5.41) is 0. The molecule has 0 bridgehead atoms. The average Bonchev–Trinajstić information content (AvgIpc) is 2.48. The summed E-state index contributed by atoms with van der Waals surface area (Å²) in [6, 6.07) is 18.5. The molecule has 0 radical (unpaired) electrons. The molecular formula is C16H19NOS. The Morgan fingerprint density at radius 1 is 1.11 bits per heavy atom. The molecule has 0 amide bonds. The Morgan fingerprint density at radius 2 is 1.89 bits per heavy atom. The minimum Gasteiger partial charge on any atom is -0.497 e. The van der Waals surface area contributed by atoms with E-state index in [1.807, 2.05) is 36.0 Å². The van der Waals surface area contributed by atoms with Gasteiger partial charge >= 0.3 is 0 Å². The Balaban J connectivity index is 1.85. The minimum absolute atomic E-state index is 0.0452. The maximum absolute atomic E-state index is 6.21. The molecule has 2 aromatic carbocycles. The average molecular weight is 273 g/mol. The molecule has 19 heavy (non-hydrogen) atoms. The third kappa shape index (κ3) is 4.30. The topological polar surface area (TPSA) is 35.2 Å². The molecule has 0 saturated heterocycles. The van der Waals surface area contributed by atoms with Crippen LogP contribution in [-0.2, 0) is 5.75 Å². The van der Waals surface area contributed by atoms with E-state index in [2.05, 4.69) is 30.3 Å². The molecule has 0 spiro atoms. The van der Waals surface area contributed by atoms with E-state index < -0.39 is 0 Å². The number of methoxy groups -OCH3 is 1. The van der Waals surface area contributed by atoms with Crippen LogP contribution in [0, 0.1) is 0 Å². The van der Waals surface area contributed by atoms with Gasteiger partial charge in [0.05, 0.1) is 7.11 Å². The van der Waals surface area contributed by atoms with Gasteiger partial charge in [-0.05, 0) is 23.3 Å². The van der Waals surface area contributed by atoms with Gasteiger partial charge in [-0.1, -0.05) is 42.5 Å². The summed E-state index contributed by atoms with van der Waals surface area (Å²) >= 11 is 1.86. The first-order valence-electron chi connectivity index (χ1n) is 6.31. The molecule has 0 saturated carbocycles. The van der Waals surface area contributed by atoms with Gasteiger partial charge in [-0.2, -0.15) is 11.8 Å². The highest BCUT2D eigenvalue weighted by Gasteiger charge is 2.07. The van der Waals surface area contributed by atoms with Gasteiger partial charge in [-0.25, -0.2) is 0 Å². The van der Waals surface area contributed by atoms with E-state index in [0.29, 0.717) is 0 Å². The van der Waals surface area contributed by atoms with Crippen LogP contribution in [0.1, 0.15) is 17.2 Å². The minimum atomic E-state index is 0.0452. The van der Waals surface area contributed by atoms with E-state index >= 15 is 0 Å². The van der Waals surface area contributed by atoms with Crippen LogP contribution in [-0.4, -0.2) is 12.9 Å². The zero-order valence-electron chi connectivity index (χ0n) is 11.1. The molecule has 2 nitrogen and oxygen atoms in total. The Morgan fingerprint density at radius 3 is 2.63 bits per heavy atom. The van der Waals surface area contributed by atoms with Gasteiger partial charge in [0.1, 0.15) is 5.75 Å². The number of ether oxygens (including phenoxy) is 1. The standard InChI is InChI=1S/C16H19NOS/c1-18-15-9-5-8-14(10-15)16(17)12-19-11-13-6-3-2-4-7-13/h2-10,16H,11-12,17H2,1H3. The quantitative estimate of drug-likeness (QED) is 0.873. The van der Waals surface area contributed by atoms with Crippen LogP contribution < -0.4 is 10.5 Å². The molecule has 0 fully saturated rings. The molecule has 2 aromatic rings. The molecule has 2 rings (SSSR count). The van der Waals surface area contributed by atoms with Gasteiger partial charge in [-0.15, -0.1) is 0 Å². The van der Waals surface area contributed by atoms with Crippen molar-refractivity contribution in [3.05, 3.63) is 65.7 Å². The first-order chi connectivity index (χ1) is 9.29. The molecular weight excluding hydrogens is 254 g/mol. The van der Waals surface area contributed by atoms with Crippen LogP contribution in [0.15, 0.2) is 54.6 Å². The zero-order valence-corrected chi connectivity index (χ0v) is 11.9. The zero-order chi connectivity index (χ0) is 13.5. The molecule has 1 unspecified atom stereocenters. The Labute approximate surface area is 119 Å². The highest BCUT2D eigenvalue weighted by atomic mass is 32.2. The smallest absolute Gasteiger partial charge is 0.119 e. The van der Waals surface area contributed by atoms with Crippen molar-refractivity contribution in [3.63, 3.8) is 0 Å². The van der Waals surface area contributed by atoms with E-state index in [4.69, 9.17) is 10.5 Å². The molecule has 100 valence electrons. The van der Waals surface area contributed by atoms with Crippen molar-refractivity contribution in [1.29, 1.82) is 0 Å². The fraction of sp³-hybridized carbons (Fsp3) is 0.250. The van der Waals surface area contributed by atoms with Crippen LogP contribution in [0.4, 0.5) is 0 Å². The largest absolute Gasteiger partial charge is 0.497 e. The van der Waals surface area contributed by atoms with E-state index in [9.17, 15) is 0 Å². The van der Waals surface area contributed by atoms with Crippen molar-refractivity contribution in [2.75, 3.05) is 12.9 Å². The maximum Gasteiger partial charge on any atom is 0.119 e. The third-order valence-electron chi connectivity index (χ3n) is 2.93. The Kier molecular flexibility index (Phi) is 5.31. The number of hydrogen-bond donors (Lipinski definition) is 1. The lowest BCUT2D eigenvalue weighted by atomic mass is 10.1. The molecule has 3 heteroatoms. The maximum atomic E-state index is 6.21. The summed E-state index contributed by atoms with van der Waals surface area (Å²) in [6.45, 7) is 0. The number of benzene rings is 2. The van der Waals surface area contributed by atoms with Gasteiger partial charge in [0.15, 0.2) is 0 Å². The van der Waals surface area contributed by atoms with Crippen LogP contribution in [0.5, 0.6) is 5.75 Å². The SMILES string of the molecule is COc1cccc(C(N)CSCc2ccccc2)c1. The normalized spacial score (nSPS) is 12.1. The van der Waals surface area contributed by atoms with Gasteiger partial charge in [0.2, 0.25) is 0 Å². The molecule has 2 N–H and O–H groups in total. The van der Waals surface area contributed by atoms with Gasteiger partial charge in [0.25, 0.3) is 0 Å². The first-order valence-corrected chi connectivity index (χ1v) is 7.46. The van der Waals surface area contributed by atoms with Crippen LogP contribution in [0.2, 0.25) is 0 Å². The van der Waals surface area contributed by atoms with Crippen molar-refractivity contribution >= 4 is 11.8 Å². The number of thioether (sulfide) groups is 1. The fourth-order valence-electron chi connectivity index (χ4n) is 1.85. The predicted octanol–water partition coefficient (Wildman–Crippen LogP) is 3.63. The van der Waals surface area contributed by atoms with Gasteiger partial charge in [-0.3, -0.25) is 0 Å². The second kappa shape index (κ2) is 7.22. The van der Waals surface area contributed by atoms with E-state index in [1.165, 1.54) is 5.56 Å². The molecule has 0 aliphatic carbocycles. The summed E-state index contributed by atoms with van der Waals surface area (Å²) < 4.78 is 5.22. The van der Waals surface area contributed by atoms with Crippen molar-refractivity contribution in [3.8, 4) is 5.75 Å². The predicted molar refractivity (Wildman–Crippen MR) is 82.5 cm³/mol. The Hall–Kier alpha value is -1.45. The third-order valence-corrected chi connectivity index (χ3v) is 4.06. The summed E-state index contributed by atoms with van der Waals surface area (Å²) in [5.41, 5.74) is 8.67. The summed E-state index contributed by atoms with van der Waals surface area (Å²) in [5.74, 6) is 2.77. The van der Waals surface area contributed by atoms with Crippen LogP contribution in [0.25, 0.3) is 0 Å². The Bertz CT molecular complexity index is 501. The van der Waals surface area contributed by atoms with Crippen molar-refractivity contribution < 1.29 is 4.74 Å². The van der Waals surface area contributed by atoms with Crippen LogP contribution in [0.3, 0.4) is 0 Å². The van der Waals surface area contributed by atoms with Gasteiger partial charge < -0.3 is 10.5 Å². The number of nitrogens with two attached hydrogens (primary N) is 1. The highest BCUT2D eigenvalue weighted by molar-refractivity contribution is 7.98. The van der Waals surface area contributed by atoms with Crippen molar-refractivity contribution in [2.45, 2.75) is 11.8 Å². The van der Waals surface area contributed by atoms with E-state index in [0.717, 1.165) is 22.8 Å². The fourth-order valence-corrected chi connectivity index (χ4v) is 2.84. The number of hydrogen-bond acceptors (Lipinski definition) is 3. The second-order valence-corrected chi connectivity index (χ2v) is 5.41. The van der Waals surface area contributed by atoms with Gasteiger partial charge in [0, 0.05) is 17.5 Å². The number of rotatable bonds is 6. The van der Waals surface area contributed by atoms with E-state index in [-0.39, 0.29) is 6.04 Å². The molecule has 0 heterocycles. The summed E-state index contributed by atoms with van der Waals surface area (Å²) in [4.78, 5) is 0. The lowest BCUT2D eigenvalue weighted by Gasteiger charge is -2.12. The highest BCUT2D eigenvalue weighted by Crippen LogP contribution is 2.22. The first kappa shape index (κ1) is 14.0. The summed E-state index contributed by atoms with van der Waals surface area (Å²) in [6.07, 6.45) is 0. The molecule has 1 atom stereocenters. The monoisotopic (exact) mass is 273 g/mol. The summed E-state index contributed by atoms with van der Waals surface area (Å²) in [7, 11) is 1.68. The van der Waals surface area contributed by atoms with Crippen molar-refractivity contribution in [1.82, 2.24) is 0 Å². The van der Waals surface area contributed by atoms with Crippen molar-refractivity contribution in [2.24, 2.45) is 5.73 Å². The molecule has 0 aliphatic rings. The van der Waals surface area contributed by atoms with Crippen LogP contribution >= 0.6 is 11.8 Å². The lowest BCUT2D eigenvalue weighted by Crippen LogP contribution is -2.13. The van der Waals surface area contributed by atoms with E-state index in [1.54, 1.807) is 7.11 Å². The molecule has 0 aliphatic heterocycles. The lowest BCUT2D eigenvalue weighted by molar-refractivity contribution is 0.414. The molecule has 0 aromatic heterocycles.